The van der Waals surface area contributed by atoms with E-state index >= 15 is 0 Å². The van der Waals surface area contributed by atoms with Gasteiger partial charge < -0.3 is 5.11 Å². The lowest BCUT2D eigenvalue weighted by Crippen LogP contribution is -2.46. The van der Waals surface area contributed by atoms with Crippen molar-refractivity contribution < 1.29 is 9.90 Å². The lowest BCUT2D eigenvalue weighted by molar-refractivity contribution is -0.142. The average Bonchev–Trinajstić information content (AvgIpc) is 2.24. The van der Waals surface area contributed by atoms with Gasteiger partial charge in [-0.15, -0.1) is 0 Å². The smallest absolute Gasteiger partial charge is 0.306 e. The third-order valence-electron chi connectivity index (χ3n) is 5.69. The van der Waals surface area contributed by atoms with Crippen LogP contribution in [0.25, 0.3) is 0 Å². The largest absolute Gasteiger partial charge is 0.481 e. The summed E-state index contributed by atoms with van der Waals surface area (Å²) < 4.78 is 0. The highest BCUT2D eigenvalue weighted by Crippen LogP contribution is 2.61. The van der Waals surface area contributed by atoms with Gasteiger partial charge >= 0.3 is 5.97 Å². The first-order chi connectivity index (χ1) is 8.06. The van der Waals surface area contributed by atoms with E-state index in [-0.39, 0.29) is 5.92 Å². The Hall–Kier alpha value is -0.530. The van der Waals surface area contributed by atoms with Crippen molar-refractivity contribution >= 4 is 5.97 Å². The van der Waals surface area contributed by atoms with Gasteiger partial charge in [-0.25, -0.2) is 0 Å². The standard InChI is InChI=1S/C15H24O2/c1-10(14(16)17)2-3-15-7-11-4-12(8-15)6-13(5-11)9-15/h10-13H,2-9H2,1H3,(H,16,17). The van der Waals surface area contributed by atoms with Crippen LogP contribution in [0.4, 0.5) is 0 Å². The summed E-state index contributed by atoms with van der Waals surface area (Å²) >= 11 is 0. The molecule has 0 aliphatic heterocycles. The van der Waals surface area contributed by atoms with Crippen molar-refractivity contribution in [3.63, 3.8) is 0 Å². The summed E-state index contributed by atoms with van der Waals surface area (Å²) in [5.41, 5.74) is 0.554. The molecule has 0 saturated heterocycles. The van der Waals surface area contributed by atoms with Gasteiger partial charge in [0.2, 0.25) is 0 Å². The number of carbonyl (C=O) groups is 1. The highest BCUT2D eigenvalue weighted by molar-refractivity contribution is 5.69. The molecule has 4 bridgehead atoms. The van der Waals surface area contributed by atoms with Gasteiger partial charge in [-0.05, 0) is 74.5 Å². The van der Waals surface area contributed by atoms with Crippen LogP contribution in [-0.2, 0) is 4.79 Å². The van der Waals surface area contributed by atoms with Crippen LogP contribution in [0.1, 0.15) is 58.3 Å². The van der Waals surface area contributed by atoms with Crippen molar-refractivity contribution in [2.45, 2.75) is 58.3 Å². The summed E-state index contributed by atoms with van der Waals surface area (Å²) in [4.78, 5) is 10.9. The van der Waals surface area contributed by atoms with E-state index in [1.54, 1.807) is 0 Å². The van der Waals surface area contributed by atoms with Crippen molar-refractivity contribution in [1.82, 2.24) is 0 Å². The van der Waals surface area contributed by atoms with Crippen molar-refractivity contribution in [3.8, 4) is 0 Å². The maximum absolute atomic E-state index is 10.9. The summed E-state index contributed by atoms with van der Waals surface area (Å²) in [6.07, 6.45) is 10.7. The molecule has 2 nitrogen and oxygen atoms in total. The molecule has 0 radical (unpaired) electrons. The normalized spacial score (nSPS) is 44.9. The molecule has 1 atom stereocenters. The van der Waals surface area contributed by atoms with E-state index in [4.69, 9.17) is 5.11 Å². The van der Waals surface area contributed by atoms with Gasteiger partial charge in [-0.1, -0.05) is 6.92 Å². The molecule has 4 aliphatic rings. The third-order valence-corrected chi connectivity index (χ3v) is 5.69. The number of aliphatic carboxylic acids is 1. The quantitative estimate of drug-likeness (QED) is 0.808. The SMILES string of the molecule is CC(CCC12CC3CC(CC(C3)C1)C2)C(=O)O. The Labute approximate surface area is 104 Å². The molecule has 4 aliphatic carbocycles. The van der Waals surface area contributed by atoms with Crippen LogP contribution in [0.15, 0.2) is 0 Å². The van der Waals surface area contributed by atoms with E-state index < -0.39 is 5.97 Å². The molecule has 4 saturated carbocycles. The maximum Gasteiger partial charge on any atom is 0.306 e. The van der Waals surface area contributed by atoms with Gasteiger partial charge in [0.05, 0.1) is 5.92 Å². The Morgan fingerprint density at radius 3 is 2.06 bits per heavy atom. The van der Waals surface area contributed by atoms with Crippen LogP contribution in [-0.4, -0.2) is 11.1 Å². The Morgan fingerprint density at radius 1 is 1.18 bits per heavy atom. The van der Waals surface area contributed by atoms with Gasteiger partial charge in [0, 0.05) is 0 Å². The first-order valence-electron chi connectivity index (χ1n) is 7.29. The minimum absolute atomic E-state index is 0.150. The maximum atomic E-state index is 10.9. The van der Waals surface area contributed by atoms with E-state index in [2.05, 4.69) is 0 Å². The summed E-state index contributed by atoms with van der Waals surface area (Å²) in [7, 11) is 0. The number of carboxylic acid groups (broad SMARTS) is 1. The minimum atomic E-state index is -0.616. The monoisotopic (exact) mass is 236 g/mol. The van der Waals surface area contributed by atoms with Gasteiger partial charge in [0.25, 0.3) is 0 Å². The molecule has 17 heavy (non-hydrogen) atoms. The fraction of sp³-hybridized carbons (Fsp3) is 0.933. The van der Waals surface area contributed by atoms with Crippen LogP contribution in [0.2, 0.25) is 0 Å². The fourth-order valence-corrected chi connectivity index (χ4v) is 5.24. The van der Waals surface area contributed by atoms with Crippen LogP contribution < -0.4 is 0 Å². The van der Waals surface area contributed by atoms with Gasteiger partial charge in [-0.2, -0.15) is 0 Å². The molecule has 0 amide bonds. The molecule has 0 aromatic heterocycles. The molecule has 1 unspecified atom stereocenters. The molecule has 0 spiro atoms. The third kappa shape index (κ3) is 2.11. The predicted molar refractivity (Wildman–Crippen MR) is 66.6 cm³/mol. The molecule has 4 rings (SSSR count). The van der Waals surface area contributed by atoms with E-state index in [0.29, 0.717) is 5.41 Å². The van der Waals surface area contributed by atoms with Crippen LogP contribution in [0.5, 0.6) is 0 Å². The van der Waals surface area contributed by atoms with E-state index in [1.165, 1.54) is 44.9 Å². The van der Waals surface area contributed by atoms with Gasteiger partial charge in [0.1, 0.15) is 0 Å². The second kappa shape index (κ2) is 4.00. The van der Waals surface area contributed by atoms with Crippen LogP contribution in [0, 0.1) is 29.1 Å². The van der Waals surface area contributed by atoms with Crippen LogP contribution in [0.3, 0.4) is 0 Å². The number of carboxylic acids is 1. The number of rotatable bonds is 4. The molecule has 0 heterocycles. The molecule has 0 aromatic rings. The molecule has 2 heteroatoms. The zero-order chi connectivity index (χ0) is 12.0. The summed E-state index contributed by atoms with van der Waals surface area (Å²) in [6, 6.07) is 0. The van der Waals surface area contributed by atoms with Crippen molar-refractivity contribution in [1.29, 1.82) is 0 Å². The van der Waals surface area contributed by atoms with E-state index in [9.17, 15) is 4.79 Å². The van der Waals surface area contributed by atoms with Crippen molar-refractivity contribution in [2.24, 2.45) is 29.1 Å². The first kappa shape index (κ1) is 11.6. The van der Waals surface area contributed by atoms with Crippen molar-refractivity contribution in [3.05, 3.63) is 0 Å². The summed E-state index contributed by atoms with van der Waals surface area (Å²) in [5.74, 6) is 2.20. The Kier molecular flexibility index (Phi) is 2.72. The van der Waals surface area contributed by atoms with Crippen LogP contribution >= 0.6 is 0 Å². The zero-order valence-electron chi connectivity index (χ0n) is 10.8. The highest BCUT2D eigenvalue weighted by Gasteiger charge is 2.50. The second-order valence-electron chi connectivity index (χ2n) is 7.20. The van der Waals surface area contributed by atoms with E-state index in [1.807, 2.05) is 6.92 Å². The Bertz CT molecular complexity index is 286. The number of hydrogen-bond donors (Lipinski definition) is 1. The summed E-state index contributed by atoms with van der Waals surface area (Å²) in [5, 5.41) is 8.99. The lowest BCUT2D eigenvalue weighted by atomic mass is 9.48. The van der Waals surface area contributed by atoms with Crippen molar-refractivity contribution in [2.75, 3.05) is 0 Å². The minimum Gasteiger partial charge on any atom is -0.481 e. The molecule has 4 fully saturated rings. The lowest BCUT2D eigenvalue weighted by Gasteiger charge is -2.57. The first-order valence-corrected chi connectivity index (χ1v) is 7.29. The van der Waals surface area contributed by atoms with E-state index in [0.717, 1.165) is 24.2 Å². The molecule has 0 aromatic carbocycles. The fourth-order valence-electron chi connectivity index (χ4n) is 5.24. The number of hydrogen-bond acceptors (Lipinski definition) is 1. The predicted octanol–water partition coefficient (Wildman–Crippen LogP) is 3.70. The highest BCUT2D eigenvalue weighted by atomic mass is 16.4. The molecular weight excluding hydrogens is 212 g/mol. The summed E-state index contributed by atoms with van der Waals surface area (Å²) in [6.45, 7) is 1.86. The zero-order valence-corrected chi connectivity index (χ0v) is 10.8. The Balaban J connectivity index is 1.64. The molecular formula is C15H24O2. The van der Waals surface area contributed by atoms with Gasteiger partial charge in [0.15, 0.2) is 0 Å². The average molecular weight is 236 g/mol. The topological polar surface area (TPSA) is 37.3 Å². The second-order valence-corrected chi connectivity index (χ2v) is 7.20. The van der Waals surface area contributed by atoms with Gasteiger partial charge in [-0.3, -0.25) is 4.79 Å². The Morgan fingerprint density at radius 2 is 1.65 bits per heavy atom. The molecule has 1 N–H and O–H groups in total. The molecule has 96 valence electrons.